The van der Waals surface area contributed by atoms with E-state index >= 15 is 0 Å². The quantitative estimate of drug-likeness (QED) is 0.557. The Morgan fingerprint density at radius 1 is 1.05 bits per heavy atom. The van der Waals surface area contributed by atoms with Crippen LogP contribution in [0.2, 0.25) is 0 Å². The molecule has 0 fully saturated rings. The van der Waals surface area contributed by atoms with E-state index in [1.807, 2.05) is 18.2 Å². The van der Waals surface area contributed by atoms with Crippen molar-refractivity contribution in [3.8, 4) is 0 Å². The van der Waals surface area contributed by atoms with Crippen LogP contribution in [0.4, 0.5) is 0 Å². The molecule has 0 spiro atoms. The van der Waals surface area contributed by atoms with Gasteiger partial charge in [0.25, 0.3) is 0 Å². The summed E-state index contributed by atoms with van der Waals surface area (Å²) < 4.78 is 4.53. The van der Waals surface area contributed by atoms with Gasteiger partial charge in [-0.05, 0) is 31.2 Å². The molecule has 1 aromatic rings. The van der Waals surface area contributed by atoms with Gasteiger partial charge in [0.15, 0.2) is 0 Å². The SMILES string of the molecule is COC(=O)CCCNC(=O)CCCCc1ccccc1. The van der Waals surface area contributed by atoms with Gasteiger partial charge in [0.2, 0.25) is 5.91 Å². The molecule has 0 aliphatic heterocycles. The second kappa shape index (κ2) is 10.0. The van der Waals surface area contributed by atoms with Gasteiger partial charge in [-0.15, -0.1) is 0 Å². The van der Waals surface area contributed by atoms with Gasteiger partial charge in [-0.3, -0.25) is 9.59 Å². The van der Waals surface area contributed by atoms with Crippen molar-refractivity contribution in [3.63, 3.8) is 0 Å². The zero-order valence-electron chi connectivity index (χ0n) is 12.1. The molecular weight excluding hydrogens is 254 g/mol. The number of carbonyl (C=O) groups is 2. The number of aryl methyl sites for hydroxylation is 1. The fraction of sp³-hybridized carbons (Fsp3) is 0.500. The van der Waals surface area contributed by atoms with Crippen molar-refractivity contribution in [1.82, 2.24) is 5.32 Å². The van der Waals surface area contributed by atoms with Crippen LogP contribution in [0.3, 0.4) is 0 Å². The summed E-state index contributed by atoms with van der Waals surface area (Å²) in [5.41, 5.74) is 1.31. The number of amides is 1. The Morgan fingerprint density at radius 3 is 2.50 bits per heavy atom. The summed E-state index contributed by atoms with van der Waals surface area (Å²) in [6, 6.07) is 10.3. The van der Waals surface area contributed by atoms with E-state index in [9.17, 15) is 9.59 Å². The predicted molar refractivity (Wildman–Crippen MR) is 78.3 cm³/mol. The van der Waals surface area contributed by atoms with Crippen molar-refractivity contribution in [2.24, 2.45) is 0 Å². The summed E-state index contributed by atoms with van der Waals surface area (Å²) in [5.74, 6) is -0.176. The molecule has 0 aliphatic rings. The van der Waals surface area contributed by atoms with E-state index in [0.29, 0.717) is 25.8 Å². The highest BCUT2D eigenvalue weighted by molar-refractivity contribution is 5.75. The molecule has 110 valence electrons. The molecule has 20 heavy (non-hydrogen) atoms. The van der Waals surface area contributed by atoms with Gasteiger partial charge in [0.05, 0.1) is 7.11 Å². The third-order valence-corrected chi connectivity index (χ3v) is 3.07. The van der Waals surface area contributed by atoms with Crippen LogP contribution < -0.4 is 5.32 Å². The minimum absolute atomic E-state index is 0.0583. The number of rotatable bonds is 9. The Bertz CT molecular complexity index is 403. The van der Waals surface area contributed by atoms with E-state index in [4.69, 9.17) is 0 Å². The molecule has 1 amide bonds. The summed E-state index contributed by atoms with van der Waals surface area (Å²) in [7, 11) is 1.37. The van der Waals surface area contributed by atoms with Crippen LogP contribution in [0, 0.1) is 0 Å². The molecule has 1 rings (SSSR count). The van der Waals surface area contributed by atoms with Crippen molar-refractivity contribution < 1.29 is 14.3 Å². The number of hydrogen-bond acceptors (Lipinski definition) is 3. The molecule has 0 atom stereocenters. The summed E-state index contributed by atoms with van der Waals surface area (Å²) in [4.78, 5) is 22.4. The minimum atomic E-state index is -0.234. The van der Waals surface area contributed by atoms with Crippen molar-refractivity contribution in [3.05, 3.63) is 35.9 Å². The van der Waals surface area contributed by atoms with Gasteiger partial charge in [-0.25, -0.2) is 0 Å². The highest BCUT2D eigenvalue weighted by atomic mass is 16.5. The van der Waals surface area contributed by atoms with Gasteiger partial charge >= 0.3 is 5.97 Å². The summed E-state index contributed by atoms with van der Waals surface area (Å²) >= 11 is 0. The number of ether oxygens (including phenoxy) is 1. The second-order valence-corrected chi connectivity index (χ2v) is 4.72. The average molecular weight is 277 g/mol. The lowest BCUT2D eigenvalue weighted by atomic mass is 10.1. The Balaban J connectivity index is 1.99. The Kier molecular flexibility index (Phi) is 8.11. The number of methoxy groups -OCH3 is 1. The Labute approximate surface area is 120 Å². The van der Waals surface area contributed by atoms with Crippen LogP contribution in [-0.2, 0) is 20.7 Å². The van der Waals surface area contributed by atoms with Gasteiger partial charge in [0, 0.05) is 19.4 Å². The smallest absolute Gasteiger partial charge is 0.305 e. The third kappa shape index (κ3) is 7.56. The Morgan fingerprint density at radius 2 is 1.80 bits per heavy atom. The predicted octanol–water partition coefficient (Wildman–Crippen LogP) is 2.47. The van der Waals surface area contributed by atoms with Crippen molar-refractivity contribution in [1.29, 1.82) is 0 Å². The number of carbonyl (C=O) groups excluding carboxylic acids is 2. The average Bonchev–Trinajstić information content (AvgIpc) is 2.49. The van der Waals surface area contributed by atoms with Crippen molar-refractivity contribution >= 4 is 11.9 Å². The van der Waals surface area contributed by atoms with Crippen LogP contribution in [0.5, 0.6) is 0 Å². The minimum Gasteiger partial charge on any atom is -0.469 e. The standard InChI is InChI=1S/C16H23NO3/c1-20-16(19)12-7-13-17-15(18)11-6-5-10-14-8-3-2-4-9-14/h2-4,8-9H,5-7,10-13H2,1H3,(H,17,18). The van der Waals surface area contributed by atoms with E-state index in [1.54, 1.807) is 0 Å². The van der Waals surface area contributed by atoms with E-state index in [0.717, 1.165) is 19.3 Å². The maximum atomic E-state index is 11.5. The molecular formula is C16H23NO3. The van der Waals surface area contributed by atoms with Crippen LogP contribution in [0.1, 0.15) is 37.7 Å². The summed E-state index contributed by atoms with van der Waals surface area (Å²) in [6.45, 7) is 0.534. The second-order valence-electron chi connectivity index (χ2n) is 4.72. The molecule has 0 unspecified atom stereocenters. The lowest BCUT2D eigenvalue weighted by molar-refractivity contribution is -0.140. The van der Waals surface area contributed by atoms with E-state index in [2.05, 4.69) is 22.2 Å². The molecule has 0 aromatic heterocycles. The lowest BCUT2D eigenvalue weighted by Crippen LogP contribution is -2.24. The van der Waals surface area contributed by atoms with Crippen LogP contribution >= 0.6 is 0 Å². The monoisotopic (exact) mass is 277 g/mol. The fourth-order valence-electron chi connectivity index (χ4n) is 1.91. The number of benzene rings is 1. The van der Waals surface area contributed by atoms with Crippen LogP contribution in [-0.4, -0.2) is 25.5 Å². The molecule has 1 aromatic carbocycles. The van der Waals surface area contributed by atoms with Gasteiger partial charge in [-0.2, -0.15) is 0 Å². The Hall–Kier alpha value is -1.84. The number of hydrogen-bond donors (Lipinski definition) is 1. The molecule has 0 saturated heterocycles. The van der Waals surface area contributed by atoms with Gasteiger partial charge < -0.3 is 10.1 Å². The molecule has 1 N–H and O–H groups in total. The molecule has 0 heterocycles. The normalized spacial score (nSPS) is 10.1. The number of nitrogens with one attached hydrogen (secondary N) is 1. The zero-order valence-corrected chi connectivity index (χ0v) is 12.1. The first-order chi connectivity index (χ1) is 9.72. The molecule has 0 saturated carbocycles. The lowest BCUT2D eigenvalue weighted by Gasteiger charge is -2.05. The number of esters is 1. The first kappa shape index (κ1) is 16.2. The molecule has 0 radical (unpaired) electrons. The highest BCUT2D eigenvalue weighted by Crippen LogP contribution is 2.06. The maximum absolute atomic E-state index is 11.5. The maximum Gasteiger partial charge on any atom is 0.305 e. The van der Waals surface area contributed by atoms with Gasteiger partial charge in [-0.1, -0.05) is 30.3 Å². The van der Waals surface area contributed by atoms with Crippen molar-refractivity contribution in [2.45, 2.75) is 38.5 Å². The first-order valence-electron chi connectivity index (χ1n) is 7.10. The highest BCUT2D eigenvalue weighted by Gasteiger charge is 2.03. The molecule has 0 aliphatic carbocycles. The summed E-state index contributed by atoms with van der Waals surface area (Å²) in [5, 5.41) is 2.81. The van der Waals surface area contributed by atoms with E-state index < -0.39 is 0 Å². The summed E-state index contributed by atoms with van der Waals surface area (Å²) in [6.07, 6.45) is 4.44. The zero-order chi connectivity index (χ0) is 14.6. The number of unbranched alkanes of at least 4 members (excludes halogenated alkanes) is 1. The van der Waals surface area contributed by atoms with Gasteiger partial charge in [0.1, 0.15) is 0 Å². The van der Waals surface area contributed by atoms with E-state index in [-0.39, 0.29) is 11.9 Å². The largest absolute Gasteiger partial charge is 0.469 e. The third-order valence-electron chi connectivity index (χ3n) is 3.07. The van der Waals surface area contributed by atoms with Crippen molar-refractivity contribution in [2.75, 3.05) is 13.7 Å². The topological polar surface area (TPSA) is 55.4 Å². The molecule has 0 bridgehead atoms. The van der Waals surface area contributed by atoms with Crippen LogP contribution in [0.15, 0.2) is 30.3 Å². The molecule has 4 nitrogen and oxygen atoms in total. The molecule has 4 heteroatoms. The van der Waals surface area contributed by atoms with Crippen LogP contribution in [0.25, 0.3) is 0 Å². The first-order valence-corrected chi connectivity index (χ1v) is 7.10. The fourth-order valence-corrected chi connectivity index (χ4v) is 1.91. The van der Waals surface area contributed by atoms with E-state index in [1.165, 1.54) is 12.7 Å².